The molecule has 8 heteroatoms. The van der Waals surface area contributed by atoms with Crippen molar-refractivity contribution in [3.8, 4) is 23.0 Å². The van der Waals surface area contributed by atoms with E-state index in [-0.39, 0.29) is 18.4 Å². The van der Waals surface area contributed by atoms with Crippen molar-refractivity contribution in [1.82, 2.24) is 4.90 Å². The first-order valence-corrected chi connectivity index (χ1v) is 13.3. The van der Waals surface area contributed by atoms with Gasteiger partial charge in [-0.25, -0.2) is 0 Å². The molecule has 1 aliphatic heterocycles. The third kappa shape index (κ3) is 7.65. The molecule has 4 rings (SSSR count). The highest BCUT2D eigenvalue weighted by Gasteiger charge is 2.21. The average Bonchev–Trinajstić information content (AvgIpc) is 2.91. The van der Waals surface area contributed by atoms with Crippen molar-refractivity contribution in [3.05, 3.63) is 77.3 Å². The predicted molar refractivity (Wildman–Crippen MR) is 149 cm³/mol. The summed E-state index contributed by atoms with van der Waals surface area (Å²) in [5.74, 6) is 2.13. The van der Waals surface area contributed by atoms with Crippen molar-refractivity contribution < 1.29 is 23.8 Å². The molecule has 38 heavy (non-hydrogen) atoms. The molecule has 0 atom stereocenters. The van der Waals surface area contributed by atoms with Crippen LogP contribution in [0.15, 0.2) is 66.7 Å². The fraction of sp³-hybridized carbons (Fsp3) is 0.333. The summed E-state index contributed by atoms with van der Waals surface area (Å²) in [5.41, 5.74) is 0.907. The third-order valence-electron chi connectivity index (χ3n) is 5.92. The summed E-state index contributed by atoms with van der Waals surface area (Å²) >= 11 is 6.22. The molecule has 2 amide bonds. The van der Waals surface area contributed by atoms with Gasteiger partial charge < -0.3 is 24.4 Å². The van der Waals surface area contributed by atoms with E-state index in [0.29, 0.717) is 64.9 Å². The van der Waals surface area contributed by atoms with E-state index in [1.54, 1.807) is 47.4 Å². The molecule has 1 N–H and O–H groups in total. The highest BCUT2D eigenvalue weighted by Crippen LogP contribution is 2.36. The zero-order valence-corrected chi connectivity index (χ0v) is 22.5. The van der Waals surface area contributed by atoms with E-state index in [1.165, 1.54) is 0 Å². The second-order valence-electron chi connectivity index (χ2n) is 9.60. The van der Waals surface area contributed by atoms with E-state index in [9.17, 15) is 9.59 Å². The van der Waals surface area contributed by atoms with Gasteiger partial charge in [-0.2, -0.15) is 0 Å². The number of carbonyl (C=O) groups is 2. The number of benzene rings is 3. The smallest absolute Gasteiger partial charge is 0.254 e. The molecule has 7 nitrogen and oxygen atoms in total. The maximum atomic E-state index is 13.4. The van der Waals surface area contributed by atoms with Gasteiger partial charge in [-0.15, -0.1) is 0 Å². The Hall–Kier alpha value is -3.71. The van der Waals surface area contributed by atoms with Crippen LogP contribution in [0, 0.1) is 5.92 Å². The number of rotatable bonds is 4. The summed E-state index contributed by atoms with van der Waals surface area (Å²) < 4.78 is 17.8. The lowest BCUT2D eigenvalue weighted by Crippen LogP contribution is -2.38. The van der Waals surface area contributed by atoms with Crippen LogP contribution in [0.5, 0.6) is 23.0 Å². The Bertz CT molecular complexity index is 1250. The van der Waals surface area contributed by atoms with Crippen molar-refractivity contribution in [3.63, 3.8) is 0 Å². The van der Waals surface area contributed by atoms with Crippen molar-refractivity contribution in [2.75, 3.05) is 31.6 Å². The second-order valence-corrected chi connectivity index (χ2v) is 10.0. The lowest BCUT2D eigenvalue weighted by atomic mass is 10.1. The van der Waals surface area contributed by atoms with Crippen LogP contribution >= 0.6 is 11.6 Å². The molecular weight excluding hydrogens is 504 g/mol. The molecule has 3 aromatic rings. The van der Waals surface area contributed by atoms with Crippen molar-refractivity contribution >= 4 is 29.1 Å². The van der Waals surface area contributed by atoms with E-state index >= 15 is 0 Å². The number of hydrogen-bond donors (Lipinski definition) is 1. The fourth-order valence-electron chi connectivity index (χ4n) is 3.98. The average molecular weight is 537 g/mol. The Labute approximate surface area is 228 Å². The van der Waals surface area contributed by atoms with Crippen LogP contribution in [0.2, 0.25) is 5.02 Å². The van der Waals surface area contributed by atoms with Gasteiger partial charge in [0.1, 0.15) is 12.3 Å². The number of para-hydroxylation sites is 2. The molecular formula is C30H33ClN2O5. The van der Waals surface area contributed by atoms with Gasteiger partial charge in [-0.3, -0.25) is 9.59 Å². The summed E-state index contributed by atoms with van der Waals surface area (Å²) in [6.45, 7) is 5.60. The Morgan fingerprint density at radius 3 is 2.53 bits per heavy atom. The molecule has 0 aromatic heterocycles. The molecule has 0 saturated carbocycles. The number of ether oxygens (including phenoxy) is 3. The summed E-state index contributed by atoms with van der Waals surface area (Å²) in [7, 11) is 0. The van der Waals surface area contributed by atoms with Crippen LogP contribution in [-0.2, 0) is 4.79 Å². The minimum absolute atomic E-state index is 0.108. The highest BCUT2D eigenvalue weighted by molar-refractivity contribution is 6.31. The normalized spacial score (nSPS) is 14.6. The van der Waals surface area contributed by atoms with E-state index in [4.69, 9.17) is 25.8 Å². The molecule has 0 saturated heterocycles. The Kier molecular flexibility index (Phi) is 9.49. The van der Waals surface area contributed by atoms with E-state index in [1.807, 2.05) is 24.3 Å². The lowest BCUT2D eigenvalue weighted by molar-refractivity contribution is -0.116. The first-order chi connectivity index (χ1) is 18.4. The summed E-state index contributed by atoms with van der Waals surface area (Å²) in [6, 6.07) is 19.4. The monoisotopic (exact) mass is 536 g/mol. The van der Waals surface area contributed by atoms with Crippen molar-refractivity contribution in [2.45, 2.75) is 33.1 Å². The second kappa shape index (κ2) is 13.2. The minimum Gasteiger partial charge on any atom is -0.493 e. The zero-order chi connectivity index (χ0) is 26.9. The topological polar surface area (TPSA) is 77.1 Å². The first kappa shape index (κ1) is 27.3. The molecule has 0 unspecified atom stereocenters. The van der Waals surface area contributed by atoms with Gasteiger partial charge in [0.05, 0.1) is 18.9 Å². The molecule has 0 fully saturated rings. The van der Waals surface area contributed by atoms with E-state index in [2.05, 4.69) is 19.2 Å². The molecule has 0 radical (unpaired) electrons. The first-order valence-electron chi connectivity index (χ1n) is 12.9. The molecule has 1 aliphatic rings. The number of anilines is 1. The Morgan fingerprint density at radius 2 is 1.76 bits per heavy atom. The quantitative estimate of drug-likeness (QED) is 0.396. The van der Waals surface area contributed by atoms with Crippen LogP contribution in [-0.4, -0.2) is 43.0 Å². The van der Waals surface area contributed by atoms with Crippen LogP contribution < -0.4 is 19.5 Å². The molecule has 200 valence electrons. The van der Waals surface area contributed by atoms with Gasteiger partial charge >= 0.3 is 0 Å². The number of nitrogens with one attached hydrogen (secondary N) is 1. The summed E-state index contributed by atoms with van der Waals surface area (Å²) in [4.78, 5) is 28.1. The van der Waals surface area contributed by atoms with Crippen molar-refractivity contribution in [1.29, 1.82) is 0 Å². The number of amides is 2. The maximum absolute atomic E-state index is 13.4. The number of carbonyl (C=O) groups excluding carboxylic acids is 2. The van der Waals surface area contributed by atoms with Gasteiger partial charge in [0.15, 0.2) is 17.2 Å². The largest absolute Gasteiger partial charge is 0.493 e. The number of halogens is 1. The van der Waals surface area contributed by atoms with E-state index < -0.39 is 0 Å². The van der Waals surface area contributed by atoms with E-state index in [0.717, 1.165) is 19.3 Å². The van der Waals surface area contributed by atoms with Crippen molar-refractivity contribution in [2.24, 2.45) is 5.92 Å². The van der Waals surface area contributed by atoms with Gasteiger partial charge in [0.2, 0.25) is 5.91 Å². The fourth-order valence-corrected chi connectivity index (χ4v) is 4.15. The SMILES string of the molecule is CC(C)COc1ccc(C(=O)N2CCCCCOc3ccccc3Oc3ccc(Cl)cc3NC(=O)C2)cc1. The molecule has 0 spiro atoms. The van der Waals surface area contributed by atoms with Gasteiger partial charge in [-0.05, 0) is 79.8 Å². The van der Waals surface area contributed by atoms with Crippen LogP contribution in [0.1, 0.15) is 43.5 Å². The summed E-state index contributed by atoms with van der Waals surface area (Å²) in [6.07, 6.45) is 2.38. The third-order valence-corrected chi connectivity index (χ3v) is 6.16. The molecule has 0 bridgehead atoms. The number of nitrogens with zero attached hydrogens (tertiary/aromatic N) is 1. The minimum atomic E-state index is -0.346. The van der Waals surface area contributed by atoms with Crippen LogP contribution in [0.3, 0.4) is 0 Å². The van der Waals surface area contributed by atoms with Gasteiger partial charge in [-0.1, -0.05) is 37.6 Å². The standard InChI is InChI=1S/C30H33ClN2O5/c1-21(2)20-37-24-13-10-22(11-14-24)30(35)33-16-6-3-7-17-36-27-8-4-5-9-28(27)38-26-15-12-23(31)18-25(26)32-29(34)19-33/h4-5,8-15,18,21H,3,6-7,16-17,19-20H2,1-2H3,(H,32,34). The highest BCUT2D eigenvalue weighted by atomic mass is 35.5. The molecule has 1 heterocycles. The van der Waals surface area contributed by atoms with Crippen LogP contribution in [0.25, 0.3) is 0 Å². The lowest BCUT2D eigenvalue weighted by Gasteiger charge is -2.23. The molecule has 0 aliphatic carbocycles. The molecule has 3 aromatic carbocycles. The predicted octanol–water partition coefficient (Wildman–Crippen LogP) is 6.81. The van der Waals surface area contributed by atoms with Gasteiger partial charge in [0, 0.05) is 17.1 Å². The van der Waals surface area contributed by atoms with Gasteiger partial charge in [0.25, 0.3) is 5.91 Å². The maximum Gasteiger partial charge on any atom is 0.254 e. The number of hydrogen-bond acceptors (Lipinski definition) is 5. The van der Waals surface area contributed by atoms with Crippen LogP contribution in [0.4, 0.5) is 5.69 Å². The summed E-state index contributed by atoms with van der Waals surface area (Å²) in [5, 5.41) is 3.32. The zero-order valence-electron chi connectivity index (χ0n) is 21.7. The Balaban J connectivity index is 1.54. The Morgan fingerprint density at radius 1 is 1.00 bits per heavy atom. The number of fused-ring (bicyclic) bond motifs is 2.